The first-order valence-corrected chi connectivity index (χ1v) is 4.43. The fourth-order valence-electron chi connectivity index (χ4n) is 1.19. The summed E-state index contributed by atoms with van der Waals surface area (Å²) < 4.78 is 0. The Kier molecular flexibility index (Phi) is 3.85. The van der Waals surface area contributed by atoms with Gasteiger partial charge in [0.1, 0.15) is 0 Å². The maximum atomic E-state index is 11.4. The third kappa shape index (κ3) is 3.39. The molecule has 0 bridgehead atoms. The highest BCUT2D eigenvalue weighted by Gasteiger charge is 2.05. The molecule has 0 spiro atoms. The van der Waals surface area contributed by atoms with Gasteiger partial charge in [0.15, 0.2) is 5.78 Å². The van der Waals surface area contributed by atoms with Gasteiger partial charge >= 0.3 is 0 Å². The predicted molar refractivity (Wildman–Crippen MR) is 53.8 cm³/mol. The van der Waals surface area contributed by atoms with E-state index < -0.39 is 0 Å². The SMILES string of the molecule is CN(C=O)CC(=O)Cc1ccccc1. The van der Waals surface area contributed by atoms with E-state index in [9.17, 15) is 9.59 Å². The second-order valence-corrected chi connectivity index (χ2v) is 3.22. The molecule has 3 nitrogen and oxygen atoms in total. The van der Waals surface area contributed by atoms with E-state index in [0.717, 1.165) is 5.56 Å². The van der Waals surface area contributed by atoms with E-state index in [1.165, 1.54) is 4.90 Å². The zero-order chi connectivity index (χ0) is 10.4. The molecular formula is C11H13NO2. The first kappa shape index (κ1) is 10.4. The van der Waals surface area contributed by atoms with Crippen molar-refractivity contribution >= 4 is 12.2 Å². The summed E-state index contributed by atoms with van der Waals surface area (Å²) in [6.45, 7) is 0.179. The van der Waals surface area contributed by atoms with Crippen molar-refractivity contribution in [3.05, 3.63) is 35.9 Å². The molecule has 1 aromatic carbocycles. The summed E-state index contributed by atoms with van der Waals surface area (Å²) in [6.07, 6.45) is 1.04. The van der Waals surface area contributed by atoms with Crippen molar-refractivity contribution in [1.82, 2.24) is 4.90 Å². The highest BCUT2D eigenvalue weighted by Crippen LogP contribution is 2.00. The lowest BCUT2D eigenvalue weighted by Gasteiger charge is -2.08. The van der Waals surface area contributed by atoms with E-state index in [4.69, 9.17) is 0 Å². The minimum atomic E-state index is 0.0470. The lowest BCUT2D eigenvalue weighted by Crippen LogP contribution is -2.25. The maximum absolute atomic E-state index is 11.4. The number of carbonyl (C=O) groups is 2. The van der Waals surface area contributed by atoms with Gasteiger partial charge in [-0.25, -0.2) is 0 Å². The molecule has 0 heterocycles. The summed E-state index contributed by atoms with van der Waals surface area (Å²) in [5.74, 6) is 0.0470. The fraction of sp³-hybridized carbons (Fsp3) is 0.273. The first-order valence-electron chi connectivity index (χ1n) is 4.43. The van der Waals surface area contributed by atoms with Gasteiger partial charge in [0.2, 0.25) is 6.41 Å². The lowest BCUT2D eigenvalue weighted by atomic mass is 10.1. The molecule has 74 valence electrons. The van der Waals surface area contributed by atoms with Crippen LogP contribution < -0.4 is 0 Å². The van der Waals surface area contributed by atoms with E-state index in [0.29, 0.717) is 12.8 Å². The summed E-state index contributed by atoms with van der Waals surface area (Å²) in [4.78, 5) is 23.0. The second-order valence-electron chi connectivity index (χ2n) is 3.22. The van der Waals surface area contributed by atoms with Gasteiger partial charge in [0.25, 0.3) is 0 Å². The molecule has 3 heteroatoms. The number of benzene rings is 1. The Balaban J connectivity index is 2.46. The number of amides is 1. The van der Waals surface area contributed by atoms with Gasteiger partial charge in [-0.05, 0) is 5.56 Å². The van der Waals surface area contributed by atoms with Crippen molar-refractivity contribution in [3.8, 4) is 0 Å². The molecule has 14 heavy (non-hydrogen) atoms. The molecule has 0 unspecified atom stereocenters. The number of likely N-dealkylation sites (N-methyl/N-ethyl adjacent to an activating group) is 1. The molecule has 1 rings (SSSR count). The Morgan fingerprint density at radius 2 is 2.00 bits per heavy atom. The zero-order valence-corrected chi connectivity index (χ0v) is 8.14. The van der Waals surface area contributed by atoms with Gasteiger partial charge in [0.05, 0.1) is 6.54 Å². The molecule has 0 aromatic heterocycles. The lowest BCUT2D eigenvalue weighted by molar-refractivity contribution is -0.125. The number of nitrogens with zero attached hydrogens (tertiary/aromatic N) is 1. The van der Waals surface area contributed by atoms with Crippen molar-refractivity contribution in [2.24, 2.45) is 0 Å². The van der Waals surface area contributed by atoms with Crippen LogP contribution in [0.4, 0.5) is 0 Å². The maximum Gasteiger partial charge on any atom is 0.209 e. The van der Waals surface area contributed by atoms with Crippen LogP contribution in [0.1, 0.15) is 5.56 Å². The normalized spacial score (nSPS) is 9.50. The Hall–Kier alpha value is -1.64. The zero-order valence-electron chi connectivity index (χ0n) is 8.14. The molecule has 0 fully saturated rings. The van der Waals surface area contributed by atoms with Gasteiger partial charge < -0.3 is 4.90 Å². The van der Waals surface area contributed by atoms with E-state index in [1.54, 1.807) is 7.05 Å². The molecule has 0 atom stereocenters. The Morgan fingerprint density at radius 1 is 1.36 bits per heavy atom. The average Bonchev–Trinajstić information content (AvgIpc) is 2.19. The van der Waals surface area contributed by atoms with Gasteiger partial charge in [-0.3, -0.25) is 9.59 Å². The largest absolute Gasteiger partial charge is 0.341 e. The predicted octanol–water partition coefficient (Wildman–Crippen LogP) is 0.886. The molecule has 1 amide bonds. The number of hydrogen-bond donors (Lipinski definition) is 0. The molecule has 0 saturated carbocycles. The van der Waals surface area contributed by atoms with Gasteiger partial charge in [-0.1, -0.05) is 30.3 Å². The summed E-state index contributed by atoms with van der Waals surface area (Å²) in [7, 11) is 1.59. The molecule has 0 aliphatic heterocycles. The van der Waals surface area contributed by atoms with E-state index in [2.05, 4.69) is 0 Å². The molecule has 0 N–H and O–H groups in total. The number of hydrogen-bond acceptors (Lipinski definition) is 2. The van der Waals surface area contributed by atoms with Crippen LogP contribution in [0.15, 0.2) is 30.3 Å². The molecule has 0 saturated heterocycles. The van der Waals surface area contributed by atoms with Crippen LogP contribution in [0.5, 0.6) is 0 Å². The summed E-state index contributed by atoms with van der Waals surface area (Å²) in [5.41, 5.74) is 0.983. The van der Waals surface area contributed by atoms with E-state index >= 15 is 0 Å². The average molecular weight is 191 g/mol. The van der Waals surface area contributed by atoms with Crippen LogP contribution >= 0.6 is 0 Å². The number of ketones is 1. The standard InChI is InChI=1S/C11H13NO2/c1-12(9-13)8-11(14)7-10-5-3-2-4-6-10/h2-6,9H,7-8H2,1H3. The van der Waals surface area contributed by atoms with Crippen molar-refractivity contribution in [2.75, 3.05) is 13.6 Å². The van der Waals surface area contributed by atoms with Crippen LogP contribution in [0.3, 0.4) is 0 Å². The fourth-order valence-corrected chi connectivity index (χ4v) is 1.19. The molecule has 0 aliphatic rings. The van der Waals surface area contributed by atoms with Crippen molar-refractivity contribution < 1.29 is 9.59 Å². The quantitative estimate of drug-likeness (QED) is 0.648. The minimum absolute atomic E-state index is 0.0470. The van der Waals surface area contributed by atoms with Crippen molar-refractivity contribution in [1.29, 1.82) is 0 Å². The summed E-state index contributed by atoms with van der Waals surface area (Å²) in [5, 5.41) is 0. The van der Waals surface area contributed by atoms with Crippen molar-refractivity contribution in [2.45, 2.75) is 6.42 Å². The van der Waals surface area contributed by atoms with Crippen LogP contribution in [0.25, 0.3) is 0 Å². The number of Topliss-reactive ketones (excluding diaryl/α,β-unsaturated/α-hetero) is 1. The van der Waals surface area contributed by atoms with Crippen LogP contribution in [0, 0.1) is 0 Å². The molecule has 0 radical (unpaired) electrons. The van der Waals surface area contributed by atoms with E-state index in [-0.39, 0.29) is 12.3 Å². The monoisotopic (exact) mass is 191 g/mol. The minimum Gasteiger partial charge on any atom is -0.341 e. The van der Waals surface area contributed by atoms with Gasteiger partial charge in [-0.15, -0.1) is 0 Å². The van der Waals surface area contributed by atoms with Crippen LogP contribution in [-0.4, -0.2) is 30.7 Å². The second kappa shape index (κ2) is 5.17. The summed E-state index contributed by atoms with van der Waals surface area (Å²) in [6, 6.07) is 9.50. The Morgan fingerprint density at radius 3 is 2.57 bits per heavy atom. The molecule has 1 aromatic rings. The van der Waals surface area contributed by atoms with Crippen LogP contribution in [0.2, 0.25) is 0 Å². The number of carbonyl (C=O) groups excluding carboxylic acids is 2. The van der Waals surface area contributed by atoms with Crippen LogP contribution in [-0.2, 0) is 16.0 Å². The number of rotatable bonds is 5. The Bertz CT molecular complexity index is 308. The van der Waals surface area contributed by atoms with E-state index in [1.807, 2.05) is 30.3 Å². The van der Waals surface area contributed by atoms with Crippen molar-refractivity contribution in [3.63, 3.8) is 0 Å². The third-order valence-electron chi connectivity index (χ3n) is 1.85. The smallest absolute Gasteiger partial charge is 0.209 e. The highest BCUT2D eigenvalue weighted by atomic mass is 16.1. The van der Waals surface area contributed by atoms with Gasteiger partial charge in [-0.2, -0.15) is 0 Å². The van der Waals surface area contributed by atoms with Gasteiger partial charge in [0, 0.05) is 13.5 Å². The highest BCUT2D eigenvalue weighted by molar-refractivity contribution is 5.84. The molecule has 0 aliphatic carbocycles. The topological polar surface area (TPSA) is 37.4 Å². The molecular weight excluding hydrogens is 178 g/mol. The first-order chi connectivity index (χ1) is 6.72. The third-order valence-corrected chi connectivity index (χ3v) is 1.85. The Labute approximate surface area is 83.3 Å². The summed E-state index contributed by atoms with van der Waals surface area (Å²) >= 11 is 0.